The Balaban J connectivity index is 2.64. The first-order chi connectivity index (χ1) is 7.46. The first-order valence-electron chi connectivity index (χ1n) is 5.75. The Hall–Kier alpha value is -0.860. The quantitative estimate of drug-likeness (QED) is 0.825. The van der Waals surface area contributed by atoms with E-state index in [4.69, 9.17) is 4.74 Å². The summed E-state index contributed by atoms with van der Waals surface area (Å²) in [4.78, 5) is 0. The molecule has 1 aromatic rings. The van der Waals surface area contributed by atoms with Crippen LogP contribution < -0.4 is 5.32 Å². The highest BCUT2D eigenvalue weighted by Gasteiger charge is 2.16. The minimum absolute atomic E-state index is 0.0188. The van der Waals surface area contributed by atoms with Gasteiger partial charge >= 0.3 is 0 Å². The van der Waals surface area contributed by atoms with Crippen LogP contribution in [0.15, 0.2) is 18.2 Å². The monoisotopic (exact) mass is 221 g/mol. The van der Waals surface area contributed by atoms with Crippen LogP contribution in [0.3, 0.4) is 0 Å². The van der Waals surface area contributed by atoms with Crippen molar-refractivity contribution >= 4 is 0 Å². The fourth-order valence-corrected chi connectivity index (χ4v) is 1.75. The van der Waals surface area contributed by atoms with E-state index in [0.29, 0.717) is 0 Å². The molecule has 1 N–H and O–H groups in total. The molecule has 1 rings (SSSR count). The zero-order chi connectivity index (χ0) is 12.2. The summed E-state index contributed by atoms with van der Waals surface area (Å²) in [7, 11) is 1.74. The van der Waals surface area contributed by atoms with Crippen molar-refractivity contribution in [3.8, 4) is 0 Å². The fraction of sp³-hybridized carbons (Fsp3) is 0.571. The molecule has 0 radical (unpaired) electrons. The maximum atomic E-state index is 5.19. The van der Waals surface area contributed by atoms with E-state index in [9.17, 15) is 0 Å². The van der Waals surface area contributed by atoms with Gasteiger partial charge in [-0.2, -0.15) is 0 Å². The molecule has 0 fully saturated rings. The van der Waals surface area contributed by atoms with Crippen LogP contribution in [0.4, 0.5) is 0 Å². The summed E-state index contributed by atoms with van der Waals surface area (Å²) in [5, 5.41) is 3.52. The Kier molecular flexibility index (Phi) is 4.51. The summed E-state index contributed by atoms with van der Waals surface area (Å²) >= 11 is 0. The molecule has 0 unspecified atom stereocenters. The van der Waals surface area contributed by atoms with Crippen LogP contribution in [0.5, 0.6) is 0 Å². The molecule has 0 aliphatic heterocycles. The van der Waals surface area contributed by atoms with E-state index in [0.717, 1.165) is 13.2 Å². The van der Waals surface area contributed by atoms with Crippen molar-refractivity contribution in [3.05, 3.63) is 34.9 Å². The second kappa shape index (κ2) is 5.46. The Morgan fingerprint density at radius 1 is 1.25 bits per heavy atom. The van der Waals surface area contributed by atoms with Crippen molar-refractivity contribution in [3.63, 3.8) is 0 Å². The maximum absolute atomic E-state index is 5.19. The van der Waals surface area contributed by atoms with E-state index in [2.05, 4.69) is 51.2 Å². The zero-order valence-electron chi connectivity index (χ0n) is 11.1. The van der Waals surface area contributed by atoms with Crippen molar-refractivity contribution in [1.82, 2.24) is 5.32 Å². The molecule has 2 nitrogen and oxygen atoms in total. The lowest BCUT2D eigenvalue weighted by Gasteiger charge is -2.26. The van der Waals surface area contributed by atoms with Crippen molar-refractivity contribution in [2.75, 3.05) is 13.7 Å². The molecule has 2 heteroatoms. The fourth-order valence-electron chi connectivity index (χ4n) is 1.75. The normalized spacial score (nSPS) is 11.8. The highest BCUT2D eigenvalue weighted by atomic mass is 16.5. The maximum Gasteiger partial charge on any atom is 0.0639 e. The molecule has 0 saturated carbocycles. The van der Waals surface area contributed by atoms with E-state index in [1.54, 1.807) is 7.11 Å². The van der Waals surface area contributed by atoms with Gasteiger partial charge < -0.3 is 10.1 Å². The average Bonchev–Trinajstić information content (AvgIpc) is 2.20. The molecule has 0 aliphatic rings. The molecule has 0 aromatic heterocycles. The Labute approximate surface area is 99.0 Å². The highest BCUT2D eigenvalue weighted by molar-refractivity contribution is 5.33. The van der Waals surface area contributed by atoms with Crippen LogP contribution in [0, 0.1) is 13.8 Å². The van der Waals surface area contributed by atoms with Crippen LogP contribution in [-0.4, -0.2) is 19.3 Å². The number of ether oxygens (including phenoxy) is 1. The predicted molar refractivity (Wildman–Crippen MR) is 68.7 cm³/mol. The molecule has 0 saturated heterocycles. The molecular formula is C14H23NO. The summed E-state index contributed by atoms with van der Waals surface area (Å²) < 4.78 is 5.19. The smallest absolute Gasteiger partial charge is 0.0639 e. The van der Waals surface area contributed by atoms with Crippen LogP contribution in [0.1, 0.15) is 30.5 Å². The van der Waals surface area contributed by atoms with Crippen molar-refractivity contribution < 1.29 is 4.74 Å². The largest absolute Gasteiger partial charge is 0.383 e. The Morgan fingerprint density at radius 3 is 2.56 bits per heavy atom. The molecule has 16 heavy (non-hydrogen) atoms. The lowest BCUT2D eigenvalue weighted by molar-refractivity contribution is 0.127. The molecule has 0 atom stereocenters. The standard InChI is InChI=1S/C14H23NO/c1-11-7-6-8-13(12(11)2)9-15-14(3,4)10-16-5/h6-8,15H,9-10H2,1-5H3. The van der Waals surface area contributed by atoms with E-state index in [-0.39, 0.29) is 5.54 Å². The van der Waals surface area contributed by atoms with Gasteiger partial charge in [0.2, 0.25) is 0 Å². The van der Waals surface area contributed by atoms with E-state index >= 15 is 0 Å². The lowest BCUT2D eigenvalue weighted by Crippen LogP contribution is -2.42. The number of hydrogen-bond acceptors (Lipinski definition) is 2. The lowest BCUT2D eigenvalue weighted by atomic mass is 10.0. The van der Waals surface area contributed by atoms with E-state index < -0.39 is 0 Å². The van der Waals surface area contributed by atoms with Crippen LogP contribution in [0.25, 0.3) is 0 Å². The number of benzene rings is 1. The zero-order valence-corrected chi connectivity index (χ0v) is 11.1. The SMILES string of the molecule is COCC(C)(C)NCc1cccc(C)c1C. The number of methoxy groups -OCH3 is 1. The number of nitrogens with one attached hydrogen (secondary N) is 1. The van der Waals surface area contributed by atoms with Crippen molar-refractivity contribution in [2.24, 2.45) is 0 Å². The molecule has 1 aromatic carbocycles. The summed E-state index contributed by atoms with van der Waals surface area (Å²) in [6, 6.07) is 6.44. The van der Waals surface area contributed by atoms with Crippen molar-refractivity contribution in [1.29, 1.82) is 0 Å². The van der Waals surface area contributed by atoms with Gasteiger partial charge in [-0.25, -0.2) is 0 Å². The third kappa shape index (κ3) is 3.62. The first kappa shape index (κ1) is 13.2. The van der Waals surface area contributed by atoms with Gasteiger partial charge in [0.05, 0.1) is 6.61 Å². The Bertz CT molecular complexity index is 345. The second-order valence-corrected chi connectivity index (χ2v) is 5.03. The first-order valence-corrected chi connectivity index (χ1v) is 5.75. The summed E-state index contributed by atoms with van der Waals surface area (Å²) in [5.74, 6) is 0. The highest BCUT2D eigenvalue weighted by Crippen LogP contribution is 2.13. The summed E-state index contributed by atoms with van der Waals surface area (Å²) in [5.41, 5.74) is 4.11. The average molecular weight is 221 g/mol. The van der Waals surface area contributed by atoms with Crippen LogP contribution in [-0.2, 0) is 11.3 Å². The number of rotatable bonds is 5. The minimum atomic E-state index is 0.0188. The van der Waals surface area contributed by atoms with Gasteiger partial charge in [0, 0.05) is 19.2 Å². The van der Waals surface area contributed by atoms with Gasteiger partial charge in [0.1, 0.15) is 0 Å². The van der Waals surface area contributed by atoms with Crippen molar-refractivity contribution in [2.45, 2.75) is 39.8 Å². The third-order valence-electron chi connectivity index (χ3n) is 2.98. The topological polar surface area (TPSA) is 21.3 Å². The second-order valence-electron chi connectivity index (χ2n) is 5.03. The predicted octanol–water partition coefficient (Wildman–Crippen LogP) is 2.82. The van der Waals surface area contributed by atoms with E-state index in [1.165, 1.54) is 16.7 Å². The molecule has 0 heterocycles. The molecule has 0 amide bonds. The van der Waals surface area contributed by atoms with Gasteiger partial charge in [-0.3, -0.25) is 0 Å². The molecule has 90 valence electrons. The summed E-state index contributed by atoms with van der Waals surface area (Å²) in [6.45, 7) is 10.2. The van der Waals surface area contributed by atoms with Gasteiger partial charge in [-0.15, -0.1) is 0 Å². The van der Waals surface area contributed by atoms with Crippen LogP contribution >= 0.6 is 0 Å². The molecule has 0 bridgehead atoms. The van der Waals surface area contributed by atoms with Gasteiger partial charge in [-0.1, -0.05) is 18.2 Å². The van der Waals surface area contributed by atoms with Gasteiger partial charge in [-0.05, 0) is 44.4 Å². The number of hydrogen-bond donors (Lipinski definition) is 1. The number of aryl methyl sites for hydroxylation is 1. The van der Waals surface area contributed by atoms with Crippen LogP contribution in [0.2, 0.25) is 0 Å². The molecule has 0 aliphatic carbocycles. The minimum Gasteiger partial charge on any atom is -0.383 e. The van der Waals surface area contributed by atoms with Gasteiger partial charge in [0.15, 0.2) is 0 Å². The van der Waals surface area contributed by atoms with Gasteiger partial charge in [0.25, 0.3) is 0 Å². The molecular weight excluding hydrogens is 198 g/mol. The Morgan fingerprint density at radius 2 is 1.94 bits per heavy atom. The molecule has 0 spiro atoms. The summed E-state index contributed by atoms with van der Waals surface area (Å²) in [6.07, 6.45) is 0. The van der Waals surface area contributed by atoms with E-state index in [1.807, 2.05) is 0 Å². The third-order valence-corrected chi connectivity index (χ3v) is 2.98.